The van der Waals surface area contributed by atoms with Crippen molar-refractivity contribution in [3.05, 3.63) is 77.4 Å². The molecule has 0 bridgehead atoms. The van der Waals surface area contributed by atoms with Gasteiger partial charge in [-0.1, -0.05) is 46.5 Å². The molecule has 150 valence electrons. The fourth-order valence-electron chi connectivity index (χ4n) is 2.52. The quantitative estimate of drug-likeness (QED) is 0.395. The Kier molecular flexibility index (Phi) is 5.97. The second-order valence-corrected chi connectivity index (χ2v) is 7.44. The van der Waals surface area contributed by atoms with Crippen LogP contribution in [0.25, 0.3) is 0 Å². The van der Waals surface area contributed by atoms with Gasteiger partial charge in [-0.2, -0.15) is 0 Å². The summed E-state index contributed by atoms with van der Waals surface area (Å²) in [5, 5.41) is 7.51. The molecule has 0 spiro atoms. The molecule has 0 saturated heterocycles. The van der Waals surface area contributed by atoms with E-state index in [0.29, 0.717) is 16.8 Å². The van der Waals surface area contributed by atoms with Crippen molar-refractivity contribution in [1.82, 2.24) is 10.1 Å². The van der Waals surface area contributed by atoms with Gasteiger partial charge in [0.1, 0.15) is 22.1 Å². The van der Waals surface area contributed by atoms with Gasteiger partial charge >= 0.3 is 0 Å². The second-order valence-electron chi connectivity index (χ2n) is 6.45. The Hall–Kier alpha value is -3.76. The normalized spacial score (nSPS) is 11.3. The number of aromatic nitrogens is 2. The predicted molar refractivity (Wildman–Crippen MR) is 116 cm³/mol. The van der Waals surface area contributed by atoms with Crippen molar-refractivity contribution in [2.45, 2.75) is 19.9 Å². The molecule has 2 heterocycles. The van der Waals surface area contributed by atoms with E-state index in [-0.39, 0.29) is 6.04 Å². The first kappa shape index (κ1) is 19.6. The van der Waals surface area contributed by atoms with Crippen LogP contribution in [-0.4, -0.2) is 16.2 Å². The zero-order valence-corrected chi connectivity index (χ0v) is 17.3. The minimum Gasteiger partial charge on any atom is -0.457 e. The number of hydrogen-bond donors (Lipinski definition) is 1. The largest absolute Gasteiger partial charge is 0.457 e. The molecule has 4 rings (SSSR count). The Balaban J connectivity index is 1.33. The van der Waals surface area contributed by atoms with E-state index in [1.807, 2.05) is 74.5 Å². The van der Waals surface area contributed by atoms with E-state index in [0.717, 1.165) is 22.1 Å². The molecule has 7 heteroatoms. The van der Waals surface area contributed by atoms with E-state index in [4.69, 9.17) is 14.0 Å². The first-order valence-corrected chi connectivity index (χ1v) is 10.1. The van der Waals surface area contributed by atoms with Crippen molar-refractivity contribution >= 4 is 17.2 Å². The van der Waals surface area contributed by atoms with Crippen LogP contribution >= 0.6 is 11.3 Å². The third kappa shape index (κ3) is 5.40. The monoisotopic (exact) mass is 417 g/mol. The van der Waals surface area contributed by atoms with Gasteiger partial charge in [0.25, 0.3) is 5.19 Å². The number of ether oxygens (including phenoxy) is 2. The molecule has 1 N–H and O–H groups in total. The summed E-state index contributed by atoms with van der Waals surface area (Å²) < 4.78 is 16.7. The second kappa shape index (κ2) is 9.16. The maximum atomic E-state index is 5.81. The van der Waals surface area contributed by atoms with Gasteiger partial charge in [-0.25, -0.2) is 4.98 Å². The number of anilines is 1. The van der Waals surface area contributed by atoms with Gasteiger partial charge < -0.3 is 19.3 Å². The smallest absolute Gasteiger partial charge is 0.279 e. The lowest BCUT2D eigenvalue weighted by Gasteiger charge is -2.06. The molecule has 30 heavy (non-hydrogen) atoms. The number of thiazole rings is 1. The Morgan fingerprint density at radius 2 is 1.70 bits per heavy atom. The summed E-state index contributed by atoms with van der Waals surface area (Å²) in [5.74, 6) is 9.02. The molecular weight excluding hydrogens is 398 g/mol. The highest BCUT2D eigenvalue weighted by Crippen LogP contribution is 2.29. The molecule has 1 unspecified atom stereocenters. The van der Waals surface area contributed by atoms with Crippen LogP contribution in [0, 0.1) is 18.8 Å². The molecule has 0 aliphatic rings. The van der Waals surface area contributed by atoms with Crippen molar-refractivity contribution in [2.24, 2.45) is 0 Å². The highest BCUT2D eigenvalue weighted by atomic mass is 32.1. The fraction of sp³-hybridized carbons (Fsp3) is 0.130. The summed E-state index contributed by atoms with van der Waals surface area (Å²) in [6.07, 6.45) is 1.70. The first-order chi connectivity index (χ1) is 14.6. The summed E-state index contributed by atoms with van der Waals surface area (Å²) in [4.78, 5) is 5.10. The minimum atomic E-state index is -0.0963. The fourth-order valence-corrected chi connectivity index (χ4v) is 3.17. The van der Waals surface area contributed by atoms with Crippen molar-refractivity contribution < 1.29 is 14.0 Å². The molecule has 0 saturated carbocycles. The Labute approximate surface area is 178 Å². The van der Waals surface area contributed by atoms with Crippen LogP contribution in [0.3, 0.4) is 0 Å². The van der Waals surface area contributed by atoms with Gasteiger partial charge in [0.15, 0.2) is 0 Å². The molecule has 2 aromatic carbocycles. The SMILES string of the molecule is Cc1cc(NC(C)C#Cc2cnc(Oc3ccc(Oc4ccccc4)cc3)s2)on1. The molecule has 1 atom stereocenters. The van der Waals surface area contributed by atoms with E-state index in [1.165, 1.54) is 11.3 Å². The highest BCUT2D eigenvalue weighted by Gasteiger charge is 2.06. The number of nitrogens with zero attached hydrogens (tertiary/aromatic N) is 2. The zero-order valence-electron chi connectivity index (χ0n) is 16.5. The lowest BCUT2D eigenvalue weighted by Crippen LogP contribution is -2.11. The lowest BCUT2D eigenvalue weighted by molar-refractivity contribution is 0.426. The van der Waals surface area contributed by atoms with E-state index in [9.17, 15) is 0 Å². The summed E-state index contributed by atoms with van der Waals surface area (Å²) in [6.45, 7) is 3.82. The van der Waals surface area contributed by atoms with Crippen LogP contribution in [0.4, 0.5) is 5.88 Å². The first-order valence-electron chi connectivity index (χ1n) is 9.32. The van der Waals surface area contributed by atoms with Crippen LogP contribution in [-0.2, 0) is 0 Å². The molecule has 2 aromatic heterocycles. The highest BCUT2D eigenvalue weighted by molar-refractivity contribution is 7.13. The number of hydrogen-bond acceptors (Lipinski definition) is 7. The van der Waals surface area contributed by atoms with Crippen molar-refractivity contribution in [2.75, 3.05) is 5.32 Å². The van der Waals surface area contributed by atoms with Gasteiger partial charge in [-0.15, -0.1) is 0 Å². The van der Waals surface area contributed by atoms with Crippen LogP contribution < -0.4 is 14.8 Å². The van der Waals surface area contributed by atoms with E-state index >= 15 is 0 Å². The van der Waals surface area contributed by atoms with Gasteiger partial charge in [0.05, 0.1) is 17.9 Å². The predicted octanol–water partition coefficient (Wildman–Crippen LogP) is 5.88. The Morgan fingerprint density at radius 3 is 2.40 bits per heavy atom. The van der Waals surface area contributed by atoms with Gasteiger partial charge in [-0.05, 0) is 50.2 Å². The minimum absolute atomic E-state index is 0.0963. The maximum Gasteiger partial charge on any atom is 0.279 e. The van der Waals surface area contributed by atoms with Crippen LogP contribution in [0.1, 0.15) is 17.5 Å². The van der Waals surface area contributed by atoms with E-state index in [2.05, 4.69) is 27.3 Å². The molecule has 0 radical (unpaired) electrons. The van der Waals surface area contributed by atoms with Gasteiger partial charge in [0, 0.05) is 6.07 Å². The number of para-hydroxylation sites is 1. The molecule has 6 nitrogen and oxygen atoms in total. The lowest BCUT2D eigenvalue weighted by atomic mass is 10.3. The molecule has 4 aromatic rings. The van der Waals surface area contributed by atoms with Crippen LogP contribution in [0.15, 0.2) is 71.4 Å². The van der Waals surface area contributed by atoms with E-state index < -0.39 is 0 Å². The third-order valence-electron chi connectivity index (χ3n) is 3.89. The Morgan fingerprint density at radius 1 is 1.00 bits per heavy atom. The number of aryl methyl sites for hydroxylation is 1. The molecular formula is C23H19N3O3S. The van der Waals surface area contributed by atoms with Crippen LogP contribution in [0.5, 0.6) is 22.4 Å². The third-order valence-corrected chi connectivity index (χ3v) is 4.68. The number of rotatable bonds is 6. The molecule has 0 aliphatic heterocycles. The topological polar surface area (TPSA) is 69.4 Å². The zero-order chi connectivity index (χ0) is 20.8. The van der Waals surface area contributed by atoms with Gasteiger partial charge in [0.2, 0.25) is 5.88 Å². The molecule has 0 amide bonds. The summed E-state index contributed by atoms with van der Waals surface area (Å²) >= 11 is 1.39. The number of benzene rings is 2. The maximum absolute atomic E-state index is 5.81. The number of nitrogens with one attached hydrogen (secondary N) is 1. The van der Waals surface area contributed by atoms with Crippen LogP contribution in [0.2, 0.25) is 0 Å². The Bertz CT molecular complexity index is 1160. The molecule has 0 aliphatic carbocycles. The van der Waals surface area contributed by atoms with Crippen molar-refractivity contribution in [1.29, 1.82) is 0 Å². The van der Waals surface area contributed by atoms with Crippen molar-refractivity contribution in [3.8, 4) is 34.3 Å². The van der Waals surface area contributed by atoms with Gasteiger partial charge in [-0.3, -0.25) is 0 Å². The average Bonchev–Trinajstić information content (AvgIpc) is 3.37. The summed E-state index contributed by atoms with van der Waals surface area (Å²) in [7, 11) is 0. The summed E-state index contributed by atoms with van der Waals surface area (Å²) in [6, 6.07) is 18.8. The molecule has 0 fully saturated rings. The standard InChI is InChI=1S/C23H19N3O3S/c1-16(25-22-14-17(2)26-29-22)8-13-21-15-24-23(30-21)28-20-11-9-19(10-12-20)27-18-6-4-3-5-7-18/h3-7,9-12,14-16,25H,1-2H3. The van der Waals surface area contributed by atoms with E-state index in [1.54, 1.807) is 6.20 Å². The van der Waals surface area contributed by atoms with Crippen molar-refractivity contribution in [3.63, 3.8) is 0 Å². The average molecular weight is 417 g/mol. The summed E-state index contributed by atoms with van der Waals surface area (Å²) in [5.41, 5.74) is 0.821.